The van der Waals surface area contributed by atoms with Gasteiger partial charge < -0.3 is 15.0 Å². The minimum Gasteiger partial charge on any atom is -0.378 e. The van der Waals surface area contributed by atoms with Crippen LogP contribution in [0.3, 0.4) is 0 Å². The molecule has 0 radical (unpaired) electrons. The Morgan fingerprint density at radius 1 is 1.43 bits per heavy atom. The van der Waals surface area contributed by atoms with Crippen molar-refractivity contribution >= 4 is 5.91 Å². The van der Waals surface area contributed by atoms with Gasteiger partial charge in [0.2, 0.25) is 5.91 Å². The zero-order valence-corrected chi connectivity index (χ0v) is 7.84. The first-order valence-corrected chi connectivity index (χ1v) is 4.54. The van der Waals surface area contributed by atoms with E-state index in [-0.39, 0.29) is 12.5 Å². The Morgan fingerprint density at radius 2 is 2.07 bits per heavy atom. The Balaban J connectivity index is 2.13. The molecule has 0 unspecified atom stereocenters. The maximum absolute atomic E-state index is 11.7. The van der Waals surface area contributed by atoms with Crippen LogP contribution in [0.4, 0.5) is 8.78 Å². The third-order valence-electron chi connectivity index (χ3n) is 1.94. The number of alkyl halides is 2. The van der Waals surface area contributed by atoms with Gasteiger partial charge in [0, 0.05) is 13.1 Å². The first-order chi connectivity index (χ1) is 6.70. The van der Waals surface area contributed by atoms with Gasteiger partial charge in [-0.1, -0.05) is 0 Å². The summed E-state index contributed by atoms with van der Waals surface area (Å²) in [5.41, 5.74) is 0. The van der Waals surface area contributed by atoms with E-state index < -0.39 is 13.0 Å². The molecule has 0 bridgehead atoms. The van der Waals surface area contributed by atoms with Gasteiger partial charge in [-0.2, -0.15) is 0 Å². The third kappa shape index (κ3) is 3.97. The standard InChI is InChI=1S/C8H14F2N2O2/c9-7(10)5-11-6-8(13)12-1-3-14-4-2-12/h7,11H,1-6H2. The van der Waals surface area contributed by atoms with Crippen LogP contribution in [0.15, 0.2) is 0 Å². The number of carbonyl (C=O) groups is 1. The van der Waals surface area contributed by atoms with E-state index in [0.29, 0.717) is 26.3 Å². The number of ether oxygens (including phenoxy) is 1. The number of hydrogen-bond acceptors (Lipinski definition) is 3. The van der Waals surface area contributed by atoms with Crippen molar-refractivity contribution in [2.75, 3.05) is 39.4 Å². The quantitative estimate of drug-likeness (QED) is 0.689. The molecule has 6 heteroatoms. The number of morpholine rings is 1. The summed E-state index contributed by atoms with van der Waals surface area (Å²) in [5, 5.41) is 2.40. The van der Waals surface area contributed by atoms with E-state index in [0.717, 1.165) is 0 Å². The Bertz CT molecular complexity index is 184. The second-order valence-corrected chi connectivity index (χ2v) is 3.02. The van der Waals surface area contributed by atoms with E-state index in [1.54, 1.807) is 4.90 Å². The lowest BCUT2D eigenvalue weighted by molar-refractivity contribution is -0.134. The molecule has 1 aliphatic rings. The molecule has 0 aliphatic carbocycles. The van der Waals surface area contributed by atoms with Gasteiger partial charge in [0.25, 0.3) is 6.43 Å². The molecule has 1 aliphatic heterocycles. The Labute approximate surface area is 81.2 Å². The van der Waals surface area contributed by atoms with Crippen molar-refractivity contribution in [3.63, 3.8) is 0 Å². The lowest BCUT2D eigenvalue weighted by Crippen LogP contribution is -2.45. The fraction of sp³-hybridized carbons (Fsp3) is 0.875. The smallest absolute Gasteiger partial charge is 0.250 e. The van der Waals surface area contributed by atoms with Gasteiger partial charge in [0.05, 0.1) is 26.3 Å². The van der Waals surface area contributed by atoms with E-state index in [4.69, 9.17) is 4.74 Å². The SMILES string of the molecule is O=C(CNCC(F)F)N1CCOCC1. The minimum absolute atomic E-state index is 0.0235. The lowest BCUT2D eigenvalue weighted by Gasteiger charge is -2.26. The summed E-state index contributed by atoms with van der Waals surface area (Å²) < 4.78 is 28.5. The fourth-order valence-corrected chi connectivity index (χ4v) is 1.21. The Morgan fingerprint density at radius 3 is 2.64 bits per heavy atom. The molecule has 0 atom stereocenters. The molecular formula is C8H14F2N2O2. The summed E-state index contributed by atoms with van der Waals surface area (Å²) in [6, 6.07) is 0. The summed E-state index contributed by atoms with van der Waals surface area (Å²) in [5.74, 6) is -0.144. The maximum atomic E-state index is 11.7. The maximum Gasteiger partial charge on any atom is 0.250 e. The molecule has 1 heterocycles. The van der Waals surface area contributed by atoms with Crippen molar-refractivity contribution in [1.29, 1.82) is 0 Å². The topological polar surface area (TPSA) is 41.6 Å². The number of nitrogens with zero attached hydrogens (tertiary/aromatic N) is 1. The molecule has 1 fully saturated rings. The second kappa shape index (κ2) is 5.87. The molecule has 1 rings (SSSR count). The van der Waals surface area contributed by atoms with Crippen LogP contribution < -0.4 is 5.32 Å². The average Bonchev–Trinajstić information content (AvgIpc) is 2.18. The molecule has 0 aromatic heterocycles. The molecule has 0 saturated carbocycles. The minimum atomic E-state index is -2.41. The van der Waals surface area contributed by atoms with Crippen LogP contribution in [0.1, 0.15) is 0 Å². The van der Waals surface area contributed by atoms with Crippen LogP contribution in [-0.4, -0.2) is 56.6 Å². The first-order valence-electron chi connectivity index (χ1n) is 4.54. The van der Waals surface area contributed by atoms with Crippen LogP contribution >= 0.6 is 0 Å². The van der Waals surface area contributed by atoms with Crippen molar-refractivity contribution in [3.8, 4) is 0 Å². The van der Waals surface area contributed by atoms with E-state index in [9.17, 15) is 13.6 Å². The monoisotopic (exact) mass is 208 g/mol. The van der Waals surface area contributed by atoms with Crippen molar-refractivity contribution < 1.29 is 18.3 Å². The first kappa shape index (κ1) is 11.3. The van der Waals surface area contributed by atoms with E-state index in [2.05, 4.69) is 5.32 Å². The predicted octanol–water partition coefficient (Wildman–Crippen LogP) is -0.300. The molecule has 0 aromatic carbocycles. The summed E-state index contributed by atoms with van der Waals surface area (Å²) in [7, 11) is 0. The number of hydrogen-bond donors (Lipinski definition) is 1. The van der Waals surface area contributed by atoms with Gasteiger partial charge in [0.1, 0.15) is 0 Å². The molecule has 0 aromatic rings. The highest BCUT2D eigenvalue weighted by Gasteiger charge is 2.16. The van der Waals surface area contributed by atoms with Crippen molar-refractivity contribution in [1.82, 2.24) is 10.2 Å². The fourth-order valence-electron chi connectivity index (χ4n) is 1.21. The highest BCUT2D eigenvalue weighted by atomic mass is 19.3. The van der Waals surface area contributed by atoms with Crippen LogP contribution in [0, 0.1) is 0 Å². The zero-order chi connectivity index (χ0) is 10.4. The molecule has 14 heavy (non-hydrogen) atoms. The van der Waals surface area contributed by atoms with Gasteiger partial charge in [-0.3, -0.25) is 4.79 Å². The Kier molecular flexibility index (Phi) is 4.75. The zero-order valence-electron chi connectivity index (χ0n) is 7.84. The second-order valence-electron chi connectivity index (χ2n) is 3.02. The van der Waals surface area contributed by atoms with Crippen molar-refractivity contribution in [2.24, 2.45) is 0 Å². The summed E-state index contributed by atoms with van der Waals surface area (Å²) in [4.78, 5) is 13.0. The average molecular weight is 208 g/mol. The normalized spacial score (nSPS) is 17.5. The van der Waals surface area contributed by atoms with Crippen LogP contribution in [0.5, 0.6) is 0 Å². The van der Waals surface area contributed by atoms with Crippen LogP contribution in [0.25, 0.3) is 0 Å². The summed E-state index contributed by atoms with van der Waals surface area (Å²) in [6.45, 7) is 1.70. The molecular weight excluding hydrogens is 194 g/mol. The predicted molar refractivity (Wildman–Crippen MR) is 46.3 cm³/mol. The Hall–Kier alpha value is -0.750. The van der Waals surface area contributed by atoms with Crippen LogP contribution in [0.2, 0.25) is 0 Å². The summed E-state index contributed by atoms with van der Waals surface area (Å²) in [6.07, 6.45) is -2.41. The van der Waals surface area contributed by atoms with E-state index >= 15 is 0 Å². The van der Waals surface area contributed by atoms with E-state index in [1.165, 1.54) is 0 Å². The molecule has 4 nitrogen and oxygen atoms in total. The highest BCUT2D eigenvalue weighted by Crippen LogP contribution is 1.96. The number of halogens is 2. The van der Waals surface area contributed by atoms with Gasteiger partial charge in [-0.05, 0) is 0 Å². The number of carbonyl (C=O) groups excluding carboxylic acids is 1. The largest absolute Gasteiger partial charge is 0.378 e. The number of amides is 1. The van der Waals surface area contributed by atoms with Crippen molar-refractivity contribution in [3.05, 3.63) is 0 Å². The number of rotatable bonds is 4. The van der Waals surface area contributed by atoms with E-state index in [1.807, 2.05) is 0 Å². The highest BCUT2D eigenvalue weighted by molar-refractivity contribution is 5.78. The molecule has 82 valence electrons. The van der Waals surface area contributed by atoms with Gasteiger partial charge in [0.15, 0.2) is 0 Å². The van der Waals surface area contributed by atoms with Crippen molar-refractivity contribution in [2.45, 2.75) is 6.43 Å². The number of nitrogens with one attached hydrogen (secondary N) is 1. The molecule has 0 spiro atoms. The van der Waals surface area contributed by atoms with Gasteiger partial charge in [-0.15, -0.1) is 0 Å². The van der Waals surface area contributed by atoms with Gasteiger partial charge in [-0.25, -0.2) is 8.78 Å². The van der Waals surface area contributed by atoms with Crippen LogP contribution in [-0.2, 0) is 9.53 Å². The summed E-state index contributed by atoms with van der Waals surface area (Å²) >= 11 is 0. The third-order valence-corrected chi connectivity index (χ3v) is 1.94. The molecule has 1 amide bonds. The van der Waals surface area contributed by atoms with Gasteiger partial charge >= 0.3 is 0 Å². The molecule has 1 saturated heterocycles. The lowest BCUT2D eigenvalue weighted by atomic mass is 10.4. The molecule has 1 N–H and O–H groups in total.